The lowest BCUT2D eigenvalue weighted by molar-refractivity contribution is 0.118. The first-order chi connectivity index (χ1) is 8.65. The van der Waals surface area contributed by atoms with Gasteiger partial charge in [0.1, 0.15) is 0 Å². The minimum Gasteiger partial charge on any atom is -0.379 e. The lowest BCUT2D eigenvalue weighted by atomic mass is 10.2. The van der Waals surface area contributed by atoms with E-state index in [1.54, 1.807) is 11.3 Å². The summed E-state index contributed by atoms with van der Waals surface area (Å²) in [5.74, 6) is 0.588. The first kappa shape index (κ1) is 13.8. The van der Waals surface area contributed by atoms with Gasteiger partial charge in [-0.25, -0.2) is 4.98 Å². The lowest BCUT2D eigenvalue weighted by Crippen LogP contribution is -2.11. The van der Waals surface area contributed by atoms with Gasteiger partial charge in [0, 0.05) is 17.6 Å². The number of hydrogen-bond acceptors (Lipinski definition) is 4. The Kier molecular flexibility index (Phi) is 4.97. The van der Waals surface area contributed by atoms with Crippen molar-refractivity contribution in [1.82, 2.24) is 4.98 Å². The van der Waals surface area contributed by atoms with Gasteiger partial charge in [-0.2, -0.15) is 0 Å². The topological polar surface area (TPSA) is 34.1 Å². The summed E-state index contributed by atoms with van der Waals surface area (Å²) in [5, 5.41) is 4.25. The molecule has 0 fully saturated rings. The molecule has 0 unspecified atom stereocenters. The lowest BCUT2D eigenvalue weighted by Gasteiger charge is -2.06. The van der Waals surface area contributed by atoms with Gasteiger partial charge in [-0.15, -0.1) is 0 Å². The van der Waals surface area contributed by atoms with Crippen molar-refractivity contribution in [2.45, 2.75) is 13.8 Å². The standard InChI is InChI=1S/C13H17BrN2OS/c1-9(2)8-17-6-5-15-13-16-11-4-3-10(14)7-12(11)18-13/h3-4,7,9H,5-6,8H2,1-2H3,(H,15,16). The van der Waals surface area contributed by atoms with E-state index in [-0.39, 0.29) is 0 Å². The molecule has 1 N–H and O–H groups in total. The maximum Gasteiger partial charge on any atom is 0.183 e. The van der Waals surface area contributed by atoms with Crippen LogP contribution >= 0.6 is 27.3 Å². The minimum absolute atomic E-state index is 0.588. The number of rotatable bonds is 6. The molecular weight excluding hydrogens is 312 g/mol. The molecule has 0 aliphatic heterocycles. The molecule has 0 aliphatic carbocycles. The highest BCUT2D eigenvalue weighted by Gasteiger charge is 2.03. The van der Waals surface area contributed by atoms with E-state index >= 15 is 0 Å². The number of hydrogen-bond donors (Lipinski definition) is 1. The molecule has 1 aromatic heterocycles. The van der Waals surface area contributed by atoms with E-state index in [0.717, 1.165) is 34.9 Å². The van der Waals surface area contributed by atoms with E-state index in [1.165, 1.54) is 4.70 Å². The fraction of sp³-hybridized carbons (Fsp3) is 0.462. The number of halogens is 1. The second-order valence-corrected chi connectivity index (χ2v) is 6.47. The molecule has 1 heterocycles. The number of aromatic nitrogens is 1. The van der Waals surface area contributed by atoms with Gasteiger partial charge >= 0.3 is 0 Å². The van der Waals surface area contributed by atoms with Crippen LogP contribution < -0.4 is 5.32 Å². The molecule has 0 aliphatic rings. The first-order valence-electron chi connectivity index (χ1n) is 6.03. The third kappa shape index (κ3) is 3.93. The van der Waals surface area contributed by atoms with Crippen molar-refractivity contribution in [3.8, 4) is 0 Å². The molecule has 5 heteroatoms. The maximum absolute atomic E-state index is 5.52. The maximum atomic E-state index is 5.52. The normalized spacial score (nSPS) is 11.3. The van der Waals surface area contributed by atoms with E-state index in [0.29, 0.717) is 5.92 Å². The van der Waals surface area contributed by atoms with Crippen LogP contribution in [0.1, 0.15) is 13.8 Å². The van der Waals surface area contributed by atoms with Crippen molar-refractivity contribution in [3.05, 3.63) is 22.7 Å². The van der Waals surface area contributed by atoms with E-state index in [1.807, 2.05) is 12.1 Å². The van der Waals surface area contributed by atoms with Crippen LogP contribution in [0.15, 0.2) is 22.7 Å². The Hall–Kier alpha value is -0.650. The number of nitrogens with zero attached hydrogens (tertiary/aromatic N) is 1. The average Bonchev–Trinajstić information content (AvgIpc) is 2.70. The zero-order valence-corrected chi connectivity index (χ0v) is 13.0. The Bertz CT molecular complexity index is 513. The largest absolute Gasteiger partial charge is 0.379 e. The van der Waals surface area contributed by atoms with Crippen molar-refractivity contribution in [2.75, 3.05) is 25.1 Å². The molecule has 0 amide bonds. The summed E-state index contributed by atoms with van der Waals surface area (Å²) in [4.78, 5) is 4.52. The van der Waals surface area contributed by atoms with Crippen molar-refractivity contribution < 1.29 is 4.74 Å². The minimum atomic E-state index is 0.588. The molecule has 18 heavy (non-hydrogen) atoms. The molecule has 0 atom stereocenters. The quantitative estimate of drug-likeness (QED) is 0.809. The summed E-state index contributed by atoms with van der Waals surface area (Å²) in [5.41, 5.74) is 1.04. The van der Waals surface area contributed by atoms with Crippen LogP contribution in [-0.2, 0) is 4.74 Å². The number of ether oxygens (including phenoxy) is 1. The molecule has 0 radical (unpaired) electrons. The summed E-state index contributed by atoms with van der Waals surface area (Å²) in [6.45, 7) is 6.64. The molecule has 3 nitrogen and oxygen atoms in total. The van der Waals surface area contributed by atoms with Crippen LogP contribution in [0.3, 0.4) is 0 Å². The first-order valence-corrected chi connectivity index (χ1v) is 7.64. The van der Waals surface area contributed by atoms with Crippen LogP contribution in [0.5, 0.6) is 0 Å². The van der Waals surface area contributed by atoms with E-state index in [4.69, 9.17) is 4.74 Å². The van der Waals surface area contributed by atoms with Gasteiger partial charge in [0.2, 0.25) is 0 Å². The van der Waals surface area contributed by atoms with Gasteiger partial charge in [0.05, 0.1) is 16.8 Å². The SMILES string of the molecule is CC(C)COCCNc1nc2ccc(Br)cc2s1. The Morgan fingerprint density at radius 1 is 1.44 bits per heavy atom. The summed E-state index contributed by atoms with van der Waals surface area (Å²) < 4.78 is 7.80. The fourth-order valence-electron chi connectivity index (χ4n) is 1.52. The highest BCUT2D eigenvalue weighted by molar-refractivity contribution is 9.10. The molecular formula is C13H17BrN2OS. The monoisotopic (exact) mass is 328 g/mol. The summed E-state index contributed by atoms with van der Waals surface area (Å²) in [6.07, 6.45) is 0. The number of thiazole rings is 1. The smallest absolute Gasteiger partial charge is 0.183 e. The zero-order chi connectivity index (χ0) is 13.0. The molecule has 0 saturated carbocycles. The van der Waals surface area contributed by atoms with Crippen molar-refractivity contribution in [2.24, 2.45) is 5.92 Å². The highest BCUT2D eigenvalue weighted by Crippen LogP contribution is 2.28. The number of anilines is 1. The zero-order valence-electron chi connectivity index (χ0n) is 10.6. The second-order valence-electron chi connectivity index (χ2n) is 4.53. The Balaban J connectivity index is 1.84. The van der Waals surface area contributed by atoms with Gasteiger partial charge in [0.25, 0.3) is 0 Å². The Labute approximate surface area is 120 Å². The number of fused-ring (bicyclic) bond motifs is 1. The van der Waals surface area contributed by atoms with Gasteiger partial charge < -0.3 is 10.1 Å². The summed E-state index contributed by atoms with van der Waals surface area (Å²) in [7, 11) is 0. The van der Waals surface area contributed by atoms with Gasteiger partial charge in [-0.3, -0.25) is 0 Å². The van der Waals surface area contributed by atoms with Crippen LogP contribution in [-0.4, -0.2) is 24.7 Å². The van der Waals surface area contributed by atoms with E-state index < -0.39 is 0 Å². The third-order valence-corrected chi connectivity index (χ3v) is 3.79. The van der Waals surface area contributed by atoms with Crippen LogP contribution in [0.4, 0.5) is 5.13 Å². The van der Waals surface area contributed by atoms with Crippen LogP contribution in [0.25, 0.3) is 10.2 Å². The van der Waals surface area contributed by atoms with Gasteiger partial charge in [-0.1, -0.05) is 41.1 Å². The summed E-state index contributed by atoms with van der Waals surface area (Å²) in [6, 6.07) is 6.13. The fourth-order valence-corrected chi connectivity index (χ4v) is 2.97. The van der Waals surface area contributed by atoms with Gasteiger partial charge in [-0.05, 0) is 24.1 Å². The van der Waals surface area contributed by atoms with Crippen molar-refractivity contribution in [1.29, 1.82) is 0 Å². The van der Waals surface area contributed by atoms with Crippen LogP contribution in [0.2, 0.25) is 0 Å². The Morgan fingerprint density at radius 2 is 2.28 bits per heavy atom. The molecule has 0 saturated heterocycles. The molecule has 98 valence electrons. The number of nitrogens with one attached hydrogen (secondary N) is 1. The van der Waals surface area contributed by atoms with E-state index in [9.17, 15) is 0 Å². The number of benzene rings is 1. The molecule has 2 aromatic rings. The second kappa shape index (κ2) is 6.50. The van der Waals surface area contributed by atoms with Crippen molar-refractivity contribution in [3.63, 3.8) is 0 Å². The molecule has 0 bridgehead atoms. The predicted octanol–water partition coefficient (Wildman–Crippen LogP) is 4.14. The molecule has 1 aromatic carbocycles. The van der Waals surface area contributed by atoms with E-state index in [2.05, 4.69) is 46.1 Å². The van der Waals surface area contributed by atoms with Crippen molar-refractivity contribution >= 4 is 42.6 Å². The highest BCUT2D eigenvalue weighted by atomic mass is 79.9. The third-order valence-electron chi connectivity index (χ3n) is 2.32. The predicted molar refractivity (Wildman–Crippen MR) is 81.5 cm³/mol. The average molecular weight is 329 g/mol. The molecule has 0 spiro atoms. The molecule has 2 rings (SSSR count). The Morgan fingerprint density at radius 3 is 3.06 bits per heavy atom. The van der Waals surface area contributed by atoms with Gasteiger partial charge in [0.15, 0.2) is 5.13 Å². The van der Waals surface area contributed by atoms with Crippen LogP contribution in [0, 0.1) is 5.92 Å². The summed E-state index contributed by atoms with van der Waals surface area (Å²) >= 11 is 5.13.